The Hall–Kier alpha value is -2.32. The molecule has 0 bridgehead atoms. The van der Waals surface area contributed by atoms with Crippen molar-refractivity contribution in [2.45, 2.75) is 12.7 Å². The third kappa shape index (κ3) is 5.07. The van der Waals surface area contributed by atoms with Crippen molar-refractivity contribution < 1.29 is 18.0 Å². The quantitative estimate of drug-likeness (QED) is 0.550. The average Bonchev–Trinajstić information content (AvgIpc) is 2.53. The standard InChI is InChI=1S/C15H11Cl2F3N4O/c16-10-3-1-2-8(4-10)7-22-14(25)23-13-11(17)5-9(15(18,19)20)6-12(13)24-21/h1-6,21H,7H2,(H2,22,23,25). The van der Waals surface area contributed by atoms with Gasteiger partial charge < -0.3 is 10.6 Å². The van der Waals surface area contributed by atoms with E-state index in [1.54, 1.807) is 24.3 Å². The van der Waals surface area contributed by atoms with Crippen LogP contribution in [0, 0.1) is 5.53 Å². The van der Waals surface area contributed by atoms with Gasteiger partial charge in [0, 0.05) is 11.6 Å². The lowest BCUT2D eigenvalue weighted by Crippen LogP contribution is -2.28. The number of halogens is 5. The van der Waals surface area contributed by atoms with E-state index in [2.05, 4.69) is 15.7 Å². The number of hydrogen-bond donors (Lipinski definition) is 3. The molecule has 0 aliphatic heterocycles. The molecule has 0 aromatic heterocycles. The maximum atomic E-state index is 12.7. The van der Waals surface area contributed by atoms with Gasteiger partial charge in [-0.05, 0) is 29.8 Å². The number of alkyl halides is 3. The van der Waals surface area contributed by atoms with E-state index in [-0.39, 0.29) is 17.3 Å². The highest BCUT2D eigenvalue weighted by atomic mass is 35.5. The first-order valence-electron chi connectivity index (χ1n) is 6.78. The van der Waals surface area contributed by atoms with Gasteiger partial charge in [0.2, 0.25) is 0 Å². The van der Waals surface area contributed by atoms with E-state index in [1.165, 1.54) is 0 Å². The summed E-state index contributed by atoms with van der Waals surface area (Å²) in [5, 5.41) is 7.92. The van der Waals surface area contributed by atoms with Gasteiger partial charge in [-0.3, -0.25) is 0 Å². The van der Waals surface area contributed by atoms with Crippen LogP contribution < -0.4 is 10.6 Å². The second-order valence-electron chi connectivity index (χ2n) is 4.90. The van der Waals surface area contributed by atoms with Gasteiger partial charge in [0.1, 0.15) is 5.69 Å². The molecule has 2 rings (SSSR count). The molecule has 2 aromatic rings. The van der Waals surface area contributed by atoms with Crippen molar-refractivity contribution in [1.29, 1.82) is 5.53 Å². The Morgan fingerprint density at radius 2 is 1.92 bits per heavy atom. The molecule has 0 unspecified atom stereocenters. The number of benzene rings is 2. The van der Waals surface area contributed by atoms with Gasteiger partial charge in [-0.2, -0.15) is 18.3 Å². The van der Waals surface area contributed by atoms with Gasteiger partial charge in [0.05, 0.1) is 16.3 Å². The summed E-state index contributed by atoms with van der Waals surface area (Å²) >= 11 is 11.6. The zero-order valence-corrected chi connectivity index (χ0v) is 13.9. The lowest BCUT2D eigenvalue weighted by atomic mass is 10.1. The van der Waals surface area contributed by atoms with Crippen LogP contribution in [-0.4, -0.2) is 6.03 Å². The van der Waals surface area contributed by atoms with Gasteiger partial charge in [-0.1, -0.05) is 35.3 Å². The lowest BCUT2D eigenvalue weighted by Gasteiger charge is -2.14. The summed E-state index contributed by atoms with van der Waals surface area (Å²) in [6.07, 6.45) is -4.64. The van der Waals surface area contributed by atoms with Crippen LogP contribution >= 0.6 is 23.2 Å². The average molecular weight is 391 g/mol. The Labute approximate surface area is 150 Å². The van der Waals surface area contributed by atoms with E-state index in [4.69, 9.17) is 28.7 Å². The predicted octanol–water partition coefficient (Wildman–Crippen LogP) is 6.00. The fourth-order valence-corrected chi connectivity index (χ4v) is 2.43. The van der Waals surface area contributed by atoms with E-state index in [1.807, 2.05) is 0 Å². The summed E-state index contributed by atoms with van der Waals surface area (Å²) < 4.78 is 38.2. The van der Waals surface area contributed by atoms with E-state index in [9.17, 15) is 18.0 Å². The highest BCUT2D eigenvalue weighted by Crippen LogP contribution is 2.40. The number of urea groups is 1. The van der Waals surface area contributed by atoms with Gasteiger partial charge in [-0.25, -0.2) is 10.3 Å². The van der Waals surface area contributed by atoms with Crippen molar-refractivity contribution in [2.24, 2.45) is 5.11 Å². The SMILES string of the molecule is N=Nc1cc(C(F)(F)F)cc(Cl)c1NC(=O)NCc1cccc(Cl)c1. The molecule has 0 aliphatic carbocycles. The molecule has 0 atom stereocenters. The number of carbonyl (C=O) groups is 1. The first kappa shape index (κ1) is 19.0. The van der Waals surface area contributed by atoms with Crippen molar-refractivity contribution in [3.63, 3.8) is 0 Å². The maximum absolute atomic E-state index is 12.7. The summed E-state index contributed by atoms with van der Waals surface area (Å²) in [5.41, 5.74) is 6.07. The Balaban J connectivity index is 2.13. The van der Waals surface area contributed by atoms with Crippen molar-refractivity contribution in [2.75, 3.05) is 5.32 Å². The monoisotopic (exact) mass is 390 g/mol. The van der Waals surface area contributed by atoms with Crippen molar-refractivity contribution in [3.05, 3.63) is 57.6 Å². The normalized spacial score (nSPS) is 11.1. The second-order valence-corrected chi connectivity index (χ2v) is 5.74. The third-order valence-electron chi connectivity index (χ3n) is 3.10. The molecule has 3 N–H and O–H groups in total. The van der Waals surface area contributed by atoms with E-state index in [0.29, 0.717) is 17.2 Å². The van der Waals surface area contributed by atoms with Crippen LogP contribution in [0.2, 0.25) is 10.0 Å². The van der Waals surface area contributed by atoms with Gasteiger partial charge in [0.25, 0.3) is 0 Å². The molecule has 5 nitrogen and oxygen atoms in total. The zero-order valence-electron chi connectivity index (χ0n) is 12.4. The van der Waals surface area contributed by atoms with E-state index < -0.39 is 23.5 Å². The molecular weight excluding hydrogens is 380 g/mol. The van der Waals surface area contributed by atoms with Crippen LogP contribution in [0.3, 0.4) is 0 Å². The van der Waals surface area contributed by atoms with Crippen LogP contribution in [0.1, 0.15) is 11.1 Å². The smallest absolute Gasteiger partial charge is 0.334 e. The van der Waals surface area contributed by atoms with Crippen molar-refractivity contribution in [3.8, 4) is 0 Å². The molecule has 2 aromatic carbocycles. The molecule has 0 aliphatic rings. The van der Waals surface area contributed by atoms with Crippen molar-refractivity contribution >= 4 is 40.6 Å². The van der Waals surface area contributed by atoms with Gasteiger partial charge >= 0.3 is 12.2 Å². The lowest BCUT2D eigenvalue weighted by molar-refractivity contribution is -0.137. The number of carbonyl (C=O) groups excluding carboxylic acids is 1. The van der Waals surface area contributed by atoms with Crippen LogP contribution in [-0.2, 0) is 12.7 Å². The van der Waals surface area contributed by atoms with Crippen LogP contribution in [0.15, 0.2) is 41.5 Å². The molecule has 0 radical (unpaired) electrons. The number of anilines is 1. The summed E-state index contributed by atoms with van der Waals surface area (Å²) in [6, 6.07) is 7.34. The Morgan fingerprint density at radius 3 is 2.52 bits per heavy atom. The zero-order chi connectivity index (χ0) is 18.6. The highest BCUT2D eigenvalue weighted by Gasteiger charge is 2.32. The first-order chi connectivity index (χ1) is 11.7. The largest absolute Gasteiger partial charge is 0.416 e. The number of rotatable bonds is 4. The van der Waals surface area contributed by atoms with E-state index >= 15 is 0 Å². The molecule has 0 heterocycles. The Bertz CT molecular complexity index is 812. The van der Waals surface area contributed by atoms with E-state index in [0.717, 1.165) is 5.56 Å². The molecule has 10 heteroatoms. The minimum atomic E-state index is -4.64. The third-order valence-corrected chi connectivity index (χ3v) is 3.63. The molecule has 132 valence electrons. The molecule has 0 spiro atoms. The summed E-state index contributed by atoms with van der Waals surface area (Å²) in [7, 11) is 0. The van der Waals surface area contributed by atoms with Gasteiger partial charge in [-0.15, -0.1) is 0 Å². The number of nitrogens with one attached hydrogen (secondary N) is 3. The first-order valence-corrected chi connectivity index (χ1v) is 7.54. The molecule has 2 amide bonds. The number of hydrogen-bond acceptors (Lipinski definition) is 3. The molecule has 0 saturated carbocycles. The minimum absolute atomic E-state index is 0.137. The summed E-state index contributed by atoms with van der Waals surface area (Å²) in [6.45, 7) is 0.137. The van der Waals surface area contributed by atoms with Gasteiger partial charge in [0.15, 0.2) is 0 Å². The summed E-state index contributed by atoms with van der Waals surface area (Å²) in [5.74, 6) is 0. The second kappa shape index (κ2) is 7.71. The highest BCUT2D eigenvalue weighted by molar-refractivity contribution is 6.34. The number of nitrogens with zero attached hydrogens (tertiary/aromatic N) is 1. The maximum Gasteiger partial charge on any atom is 0.416 e. The Morgan fingerprint density at radius 1 is 1.20 bits per heavy atom. The molecule has 25 heavy (non-hydrogen) atoms. The van der Waals surface area contributed by atoms with Crippen LogP contribution in [0.5, 0.6) is 0 Å². The van der Waals surface area contributed by atoms with Crippen molar-refractivity contribution in [1.82, 2.24) is 5.32 Å². The molecule has 0 saturated heterocycles. The Kier molecular flexibility index (Phi) is 5.86. The molecular formula is C15H11Cl2F3N4O. The number of amides is 2. The molecule has 0 fully saturated rings. The van der Waals surface area contributed by atoms with Crippen LogP contribution in [0.4, 0.5) is 29.3 Å². The predicted molar refractivity (Wildman–Crippen MR) is 88.6 cm³/mol. The fourth-order valence-electron chi connectivity index (χ4n) is 1.95. The fraction of sp³-hybridized carbons (Fsp3) is 0.133. The topological polar surface area (TPSA) is 77.3 Å². The van der Waals surface area contributed by atoms with Crippen LogP contribution in [0.25, 0.3) is 0 Å². The minimum Gasteiger partial charge on any atom is -0.334 e. The summed E-state index contributed by atoms with van der Waals surface area (Å²) in [4.78, 5) is 11.9.